The molecular weight excluding hydrogens is 166 g/mol. The number of nitrogens with zero attached hydrogens (tertiary/aromatic N) is 1. The third-order valence-corrected chi connectivity index (χ3v) is 4.38. The van der Waals surface area contributed by atoms with Crippen molar-refractivity contribution in [2.75, 3.05) is 11.5 Å². The van der Waals surface area contributed by atoms with Gasteiger partial charge in [-0.2, -0.15) is 11.8 Å². The number of piperidine rings is 1. The third-order valence-electron chi connectivity index (χ3n) is 3.13. The molecule has 0 aromatic carbocycles. The van der Waals surface area contributed by atoms with E-state index in [1.165, 1.54) is 30.8 Å². The molecule has 0 aromatic heterocycles. The minimum Gasteiger partial charge on any atom is -0.293 e. The molecule has 2 saturated heterocycles. The molecule has 70 valence electrons. The first kappa shape index (κ1) is 8.89. The van der Waals surface area contributed by atoms with Gasteiger partial charge in [-0.1, -0.05) is 6.42 Å². The van der Waals surface area contributed by atoms with Gasteiger partial charge >= 0.3 is 0 Å². The first-order chi connectivity index (χ1) is 5.79. The van der Waals surface area contributed by atoms with Crippen molar-refractivity contribution >= 4 is 11.8 Å². The Kier molecular flexibility index (Phi) is 2.66. The summed E-state index contributed by atoms with van der Waals surface area (Å²) < 4.78 is 0. The smallest absolute Gasteiger partial charge is 0.0192 e. The van der Waals surface area contributed by atoms with Crippen molar-refractivity contribution in [2.45, 2.75) is 51.2 Å². The molecule has 2 aliphatic heterocycles. The van der Waals surface area contributed by atoms with Gasteiger partial charge in [0.05, 0.1) is 0 Å². The summed E-state index contributed by atoms with van der Waals surface area (Å²) in [5, 5.41) is 0. The molecule has 12 heavy (non-hydrogen) atoms. The summed E-state index contributed by atoms with van der Waals surface area (Å²) in [5.41, 5.74) is 0. The first-order valence-electron chi connectivity index (χ1n) is 5.14. The van der Waals surface area contributed by atoms with Crippen LogP contribution >= 0.6 is 11.8 Å². The summed E-state index contributed by atoms with van der Waals surface area (Å²) in [6, 6.07) is 2.58. The van der Waals surface area contributed by atoms with E-state index < -0.39 is 0 Å². The van der Waals surface area contributed by atoms with Crippen molar-refractivity contribution in [3.63, 3.8) is 0 Å². The van der Waals surface area contributed by atoms with Crippen LogP contribution in [0.1, 0.15) is 33.1 Å². The van der Waals surface area contributed by atoms with E-state index in [2.05, 4.69) is 30.5 Å². The zero-order valence-corrected chi connectivity index (χ0v) is 8.94. The standard InChI is InChI=1S/C10H19NS/c1-8(2)11-9-4-3-5-10(11)7-12-6-9/h8-10H,3-7H2,1-2H3. The Labute approximate surface area is 79.9 Å². The van der Waals surface area contributed by atoms with Crippen molar-refractivity contribution in [3.05, 3.63) is 0 Å². The maximum Gasteiger partial charge on any atom is 0.0192 e. The maximum absolute atomic E-state index is 2.76. The highest BCUT2D eigenvalue weighted by atomic mass is 32.2. The van der Waals surface area contributed by atoms with Gasteiger partial charge in [0.15, 0.2) is 0 Å². The van der Waals surface area contributed by atoms with E-state index in [1.54, 1.807) is 0 Å². The van der Waals surface area contributed by atoms with Crippen LogP contribution in [0.25, 0.3) is 0 Å². The highest BCUT2D eigenvalue weighted by Gasteiger charge is 2.35. The number of hydrogen-bond donors (Lipinski definition) is 0. The molecule has 2 aliphatic rings. The van der Waals surface area contributed by atoms with Crippen LogP contribution in [0.2, 0.25) is 0 Å². The van der Waals surface area contributed by atoms with Crippen LogP contribution in [-0.2, 0) is 0 Å². The average Bonchev–Trinajstić information content (AvgIpc) is 2.02. The molecule has 2 bridgehead atoms. The van der Waals surface area contributed by atoms with Crippen molar-refractivity contribution in [1.29, 1.82) is 0 Å². The zero-order valence-electron chi connectivity index (χ0n) is 8.12. The molecule has 0 N–H and O–H groups in total. The fraction of sp³-hybridized carbons (Fsp3) is 1.00. The van der Waals surface area contributed by atoms with Gasteiger partial charge < -0.3 is 0 Å². The lowest BCUT2D eigenvalue weighted by Gasteiger charge is -2.48. The van der Waals surface area contributed by atoms with Crippen LogP contribution in [0.5, 0.6) is 0 Å². The zero-order chi connectivity index (χ0) is 8.55. The number of thioether (sulfide) groups is 1. The van der Waals surface area contributed by atoms with Gasteiger partial charge in [0.1, 0.15) is 0 Å². The lowest BCUT2D eigenvalue weighted by molar-refractivity contribution is 0.0698. The molecule has 2 rings (SSSR count). The largest absolute Gasteiger partial charge is 0.293 e. The maximum atomic E-state index is 2.76. The van der Waals surface area contributed by atoms with E-state index in [0.717, 1.165) is 18.1 Å². The van der Waals surface area contributed by atoms with E-state index in [0.29, 0.717) is 0 Å². The lowest BCUT2D eigenvalue weighted by Crippen LogP contribution is -2.55. The van der Waals surface area contributed by atoms with E-state index in [-0.39, 0.29) is 0 Å². The van der Waals surface area contributed by atoms with E-state index in [9.17, 15) is 0 Å². The second kappa shape index (κ2) is 3.59. The van der Waals surface area contributed by atoms with Crippen molar-refractivity contribution in [1.82, 2.24) is 4.90 Å². The van der Waals surface area contributed by atoms with Crippen LogP contribution in [0.4, 0.5) is 0 Å². The normalized spacial score (nSPS) is 37.2. The van der Waals surface area contributed by atoms with Gasteiger partial charge in [-0.15, -0.1) is 0 Å². The summed E-state index contributed by atoms with van der Waals surface area (Å²) in [6.07, 6.45) is 4.36. The number of rotatable bonds is 1. The Balaban J connectivity index is 2.08. The minimum absolute atomic E-state index is 0.765. The second-order valence-electron chi connectivity index (χ2n) is 4.32. The molecule has 0 spiro atoms. The van der Waals surface area contributed by atoms with Gasteiger partial charge in [-0.05, 0) is 26.7 Å². The Bertz CT molecular complexity index is 136. The van der Waals surface area contributed by atoms with Gasteiger partial charge in [0, 0.05) is 29.6 Å². The average molecular weight is 185 g/mol. The van der Waals surface area contributed by atoms with Crippen molar-refractivity contribution in [2.24, 2.45) is 0 Å². The minimum atomic E-state index is 0.765. The highest BCUT2D eigenvalue weighted by Crippen LogP contribution is 2.33. The van der Waals surface area contributed by atoms with Crippen molar-refractivity contribution < 1.29 is 0 Å². The third kappa shape index (κ3) is 1.51. The summed E-state index contributed by atoms with van der Waals surface area (Å²) in [4.78, 5) is 2.76. The van der Waals surface area contributed by atoms with Gasteiger partial charge in [-0.25, -0.2) is 0 Å². The Morgan fingerprint density at radius 2 is 1.75 bits per heavy atom. The fourth-order valence-electron chi connectivity index (χ4n) is 2.71. The highest BCUT2D eigenvalue weighted by molar-refractivity contribution is 7.99. The van der Waals surface area contributed by atoms with Crippen LogP contribution in [-0.4, -0.2) is 34.5 Å². The molecule has 0 amide bonds. The molecule has 2 heteroatoms. The molecule has 2 heterocycles. The van der Waals surface area contributed by atoms with Crippen LogP contribution in [0, 0.1) is 0 Å². The summed E-state index contributed by atoms with van der Waals surface area (Å²) in [5.74, 6) is 2.77. The number of fused-ring (bicyclic) bond motifs is 2. The molecule has 1 nitrogen and oxygen atoms in total. The topological polar surface area (TPSA) is 3.24 Å². The van der Waals surface area contributed by atoms with E-state index in [4.69, 9.17) is 0 Å². The first-order valence-corrected chi connectivity index (χ1v) is 6.29. The number of hydrogen-bond acceptors (Lipinski definition) is 2. The van der Waals surface area contributed by atoms with E-state index >= 15 is 0 Å². The SMILES string of the molecule is CC(C)N1C2CCCC1CSC2. The predicted octanol–water partition coefficient (Wildman–Crippen LogP) is 2.36. The predicted molar refractivity (Wildman–Crippen MR) is 55.7 cm³/mol. The van der Waals surface area contributed by atoms with Crippen LogP contribution in [0.15, 0.2) is 0 Å². The van der Waals surface area contributed by atoms with Gasteiger partial charge in [0.2, 0.25) is 0 Å². The lowest BCUT2D eigenvalue weighted by atomic mass is 9.95. The molecule has 2 fully saturated rings. The summed E-state index contributed by atoms with van der Waals surface area (Å²) in [7, 11) is 0. The summed E-state index contributed by atoms with van der Waals surface area (Å²) >= 11 is 2.17. The Hall–Kier alpha value is 0.310. The molecule has 2 unspecified atom stereocenters. The van der Waals surface area contributed by atoms with Crippen molar-refractivity contribution in [3.8, 4) is 0 Å². The molecule has 2 atom stereocenters. The Morgan fingerprint density at radius 1 is 1.17 bits per heavy atom. The van der Waals surface area contributed by atoms with Crippen LogP contribution < -0.4 is 0 Å². The molecule has 0 aliphatic carbocycles. The fourth-order valence-corrected chi connectivity index (χ4v) is 4.07. The summed E-state index contributed by atoms with van der Waals surface area (Å²) in [6.45, 7) is 4.70. The Morgan fingerprint density at radius 3 is 2.17 bits per heavy atom. The molecule has 0 saturated carbocycles. The van der Waals surface area contributed by atoms with Crippen LogP contribution in [0.3, 0.4) is 0 Å². The molecular formula is C10H19NS. The molecule has 0 aromatic rings. The monoisotopic (exact) mass is 185 g/mol. The molecule has 0 radical (unpaired) electrons. The van der Waals surface area contributed by atoms with Gasteiger partial charge in [0.25, 0.3) is 0 Å². The quantitative estimate of drug-likeness (QED) is 0.617. The van der Waals surface area contributed by atoms with E-state index in [1.807, 2.05) is 0 Å². The van der Waals surface area contributed by atoms with Gasteiger partial charge in [-0.3, -0.25) is 4.90 Å². The second-order valence-corrected chi connectivity index (χ2v) is 5.39.